The molecular weight excluding hydrogens is 456 g/mol. The lowest BCUT2D eigenvalue weighted by molar-refractivity contribution is 0.101. The predicted molar refractivity (Wildman–Crippen MR) is 136 cm³/mol. The third-order valence-corrected chi connectivity index (χ3v) is 5.91. The summed E-state index contributed by atoms with van der Waals surface area (Å²) >= 11 is 0. The smallest absolute Gasteiger partial charge is 0.276 e. The minimum absolute atomic E-state index is 0.211. The molecule has 0 aliphatic heterocycles. The Hall–Kier alpha value is -4.99. The molecule has 2 N–H and O–H groups in total. The number of hydrogen-bond donors (Lipinski definition) is 2. The van der Waals surface area contributed by atoms with Crippen molar-refractivity contribution in [1.82, 2.24) is 29.3 Å². The number of aromatic nitrogens is 6. The van der Waals surface area contributed by atoms with E-state index in [1.807, 2.05) is 67.6 Å². The molecular formula is C26H24N8O2. The molecule has 10 nitrogen and oxygen atoms in total. The first-order valence-electron chi connectivity index (χ1n) is 11.3. The number of nitrogens with one attached hydrogen (secondary N) is 2. The van der Waals surface area contributed by atoms with E-state index >= 15 is 0 Å². The molecule has 0 atom stereocenters. The lowest BCUT2D eigenvalue weighted by Crippen LogP contribution is -2.20. The number of amides is 2. The van der Waals surface area contributed by atoms with E-state index in [2.05, 4.69) is 20.8 Å². The van der Waals surface area contributed by atoms with Gasteiger partial charge in [-0.05, 0) is 19.1 Å². The number of carbonyl (C=O) groups excluding carboxylic acids is 2. The monoisotopic (exact) mass is 480 g/mol. The number of hydrogen-bond acceptors (Lipinski definition) is 5. The minimum Gasteiger partial charge on any atom is -0.318 e. The van der Waals surface area contributed by atoms with E-state index in [0.717, 1.165) is 16.9 Å². The van der Waals surface area contributed by atoms with Crippen LogP contribution in [-0.4, -0.2) is 41.2 Å². The molecule has 3 heterocycles. The average molecular weight is 481 g/mol. The van der Waals surface area contributed by atoms with Crippen molar-refractivity contribution in [2.45, 2.75) is 6.92 Å². The van der Waals surface area contributed by atoms with Gasteiger partial charge in [-0.3, -0.25) is 19.0 Å². The summed E-state index contributed by atoms with van der Waals surface area (Å²) in [6, 6.07) is 19.0. The van der Waals surface area contributed by atoms with Crippen molar-refractivity contribution in [3.8, 4) is 16.9 Å². The molecule has 0 spiro atoms. The van der Waals surface area contributed by atoms with Crippen molar-refractivity contribution >= 4 is 23.2 Å². The summed E-state index contributed by atoms with van der Waals surface area (Å²) in [7, 11) is 3.43. The Morgan fingerprint density at radius 2 is 1.39 bits per heavy atom. The molecule has 0 aliphatic rings. The fourth-order valence-corrected chi connectivity index (χ4v) is 3.85. The maximum Gasteiger partial charge on any atom is 0.276 e. The van der Waals surface area contributed by atoms with Crippen LogP contribution in [-0.2, 0) is 14.1 Å². The van der Waals surface area contributed by atoms with Crippen LogP contribution in [0.3, 0.4) is 0 Å². The van der Waals surface area contributed by atoms with Crippen LogP contribution in [0.25, 0.3) is 16.9 Å². The Bertz CT molecular complexity index is 1550. The molecule has 36 heavy (non-hydrogen) atoms. The molecule has 0 saturated carbocycles. The number of aryl methyl sites for hydroxylation is 2. The highest BCUT2D eigenvalue weighted by Crippen LogP contribution is 2.26. The van der Waals surface area contributed by atoms with Gasteiger partial charge in [-0.15, -0.1) is 0 Å². The van der Waals surface area contributed by atoms with Gasteiger partial charge in [0, 0.05) is 25.9 Å². The summed E-state index contributed by atoms with van der Waals surface area (Å²) in [5, 5.41) is 18.7. The molecule has 0 aliphatic carbocycles. The van der Waals surface area contributed by atoms with Gasteiger partial charge in [-0.1, -0.05) is 48.5 Å². The molecule has 0 saturated heterocycles. The van der Waals surface area contributed by atoms with E-state index in [-0.39, 0.29) is 11.4 Å². The lowest BCUT2D eigenvalue weighted by Gasteiger charge is -2.09. The van der Waals surface area contributed by atoms with Crippen molar-refractivity contribution in [3.05, 3.63) is 96.2 Å². The van der Waals surface area contributed by atoms with Crippen LogP contribution in [0.15, 0.2) is 79.3 Å². The zero-order valence-corrected chi connectivity index (χ0v) is 20.0. The standard InChI is InChI=1S/C26H24N8O2/c1-17-21(14-27-32(17)2)29-26(36)24-22(15-28-33(24)3)30-25(35)20-16-34(19-12-8-5-9-13-19)31-23(20)18-10-6-4-7-11-18/h4-16H,1-3H3,(H,29,36)(H,30,35). The Labute approximate surface area is 207 Å². The van der Waals surface area contributed by atoms with Crippen molar-refractivity contribution in [2.24, 2.45) is 14.1 Å². The maximum absolute atomic E-state index is 13.5. The zero-order chi connectivity index (χ0) is 25.2. The molecule has 180 valence electrons. The van der Waals surface area contributed by atoms with Gasteiger partial charge in [-0.25, -0.2) is 4.68 Å². The number of rotatable bonds is 6. The first-order chi connectivity index (χ1) is 17.4. The normalized spacial score (nSPS) is 10.9. The molecule has 0 unspecified atom stereocenters. The van der Waals surface area contributed by atoms with E-state index in [9.17, 15) is 9.59 Å². The predicted octanol–water partition coefficient (Wildman–Crippen LogP) is 3.82. The fraction of sp³-hybridized carbons (Fsp3) is 0.115. The molecule has 3 aromatic heterocycles. The van der Waals surface area contributed by atoms with E-state index in [4.69, 9.17) is 5.10 Å². The molecule has 0 bridgehead atoms. The number of nitrogens with zero attached hydrogens (tertiary/aromatic N) is 6. The number of anilines is 2. The van der Waals surface area contributed by atoms with Crippen LogP contribution in [0.4, 0.5) is 11.4 Å². The quantitative estimate of drug-likeness (QED) is 0.384. The number of carbonyl (C=O) groups is 2. The molecule has 2 amide bonds. The van der Waals surface area contributed by atoms with E-state index in [0.29, 0.717) is 16.9 Å². The van der Waals surface area contributed by atoms with E-state index in [1.54, 1.807) is 35.9 Å². The van der Waals surface area contributed by atoms with Crippen LogP contribution in [0.2, 0.25) is 0 Å². The van der Waals surface area contributed by atoms with Gasteiger partial charge in [0.1, 0.15) is 11.4 Å². The van der Waals surface area contributed by atoms with Crippen LogP contribution in [0.5, 0.6) is 0 Å². The topological polar surface area (TPSA) is 112 Å². The van der Waals surface area contributed by atoms with Crippen molar-refractivity contribution < 1.29 is 9.59 Å². The van der Waals surface area contributed by atoms with Gasteiger partial charge in [0.05, 0.1) is 40.7 Å². The molecule has 10 heteroatoms. The SMILES string of the molecule is Cc1c(NC(=O)c2c(NC(=O)c3cn(-c4ccccc4)nc3-c3ccccc3)cnn2C)cnn1C. The van der Waals surface area contributed by atoms with Crippen LogP contribution < -0.4 is 10.6 Å². The largest absolute Gasteiger partial charge is 0.318 e. The second-order valence-electron chi connectivity index (χ2n) is 8.24. The third kappa shape index (κ3) is 4.27. The lowest BCUT2D eigenvalue weighted by atomic mass is 10.1. The summed E-state index contributed by atoms with van der Waals surface area (Å²) in [6.07, 6.45) is 4.71. The van der Waals surface area contributed by atoms with Gasteiger partial charge in [0.15, 0.2) is 0 Å². The summed E-state index contributed by atoms with van der Waals surface area (Å²) in [5.41, 5.74) is 4.39. The van der Waals surface area contributed by atoms with E-state index < -0.39 is 11.8 Å². The van der Waals surface area contributed by atoms with E-state index in [1.165, 1.54) is 10.9 Å². The average Bonchev–Trinajstić information content (AvgIpc) is 3.59. The summed E-state index contributed by atoms with van der Waals surface area (Å²) in [5.74, 6) is -0.819. The zero-order valence-electron chi connectivity index (χ0n) is 20.0. The van der Waals surface area contributed by atoms with Gasteiger partial charge in [-0.2, -0.15) is 15.3 Å². The van der Waals surface area contributed by atoms with Crippen molar-refractivity contribution in [2.75, 3.05) is 10.6 Å². The minimum atomic E-state index is -0.412. The molecule has 0 fully saturated rings. The fourth-order valence-electron chi connectivity index (χ4n) is 3.85. The first kappa shape index (κ1) is 22.8. The van der Waals surface area contributed by atoms with Crippen LogP contribution >= 0.6 is 0 Å². The maximum atomic E-state index is 13.5. The highest BCUT2D eigenvalue weighted by Gasteiger charge is 2.24. The van der Waals surface area contributed by atoms with Crippen molar-refractivity contribution in [1.29, 1.82) is 0 Å². The Kier molecular flexibility index (Phi) is 5.91. The number of benzene rings is 2. The molecule has 2 aromatic carbocycles. The molecule has 5 aromatic rings. The number of para-hydroxylation sites is 1. The van der Waals surface area contributed by atoms with Crippen molar-refractivity contribution in [3.63, 3.8) is 0 Å². The Morgan fingerprint density at radius 1 is 0.778 bits per heavy atom. The first-order valence-corrected chi connectivity index (χ1v) is 11.3. The van der Waals surface area contributed by atoms with Gasteiger partial charge in [0.25, 0.3) is 11.8 Å². The highest BCUT2D eigenvalue weighted by atomic mass is 16.2. The molecule has 5 rings (SSSR count). The van der Waals surface area contributed by atoms with Gasteiger partial charge >= 0.3 is 0 Å². The molecule has 0 radical (unpaired) electrons. The van der Waals surface area contributed by atoms with Crippen LogP contribution in [0, 0.1) is 6.92 Å². The van der Waals surface area contributed by atoms with Crippen LogP contribution in [0.1, 0.15) is 26.5 Å². The Balaban J connectivity index is 1.48. The second kappa shape index (κ2) is 9.34. The Morgan fingerprint density at radius 3 is 2.06 bits per heavy atom. The summed E-state index contributed by atoms with van der Waals surface area (Å²) < 4.78 is 4.75. The summed E-state index contributed by atoms with van der Waals surface area (Å²) in [6.45, 7) is 1.85. The van der Waals surface area contributed by atoms with Gasteiger partial charge in [0.2, 0.25) is 0 Å². The third-order valence-electron chi connectivity index (χ3n) is 5.91. The highest BCUT2D eigenvalue weighted by molar-refractivity contribution is 6.13. The second-order valence-corrected chi connectivity index (χ2v) is 8.24. The summed E-state index contributed by atoms with van der Waals surface area (Å²) in [4.78, 5) is 26.6. The van der Waals surface area contributed by atoms with Gasteiger partial charge < -0.3 is 10.6 Å².